The van der Waals surface area contributed by atoms with Crippen molar-refractivity contribution < 1.29 is 4.74 Å². The average molecular weight is 319 g/mol. The number of hydrogen-bond donors (Lipinski definition) is 1. The maximum Gasteiger partial charge on any atom is 0.237 e. The number of nitrogens with zero attached hydrogens (tertiary/aromatic N) is 1. The Morgan fingerprint density at radius 3 is 3.11 bits per heavy atom. The van der Waals surface area contributed by atoms with Crippen LogP contribution in [0, 0.1) is 0 Å². The molecule has 19 heavy (non-hydrogen) atoms. The summed E-state index contributed by atoms with van der Waals surface area (Å²) in [5.41, 5.74) is 3.73. The summed E-state index contributed by atoms with van der Waals surface area (Å²) in [6, 6.07) is 10.7. The van der Waals surface area contributed by atoms with Crippen LogP contribution in [0.5, 0.6) is 5.88 Å². The Kier molecular flexibility index (Phi) is 3.42. The maximum absolute atomic E-state index is 5.28. The number of benzene rings is 1. The van der Waals surface area contributed by atoms with Gasteiger partial charge in [-0.3, -0.25) is 0 Å². The number of anilines is 1. The molecule has 0 radical (unpaired) electrons. The fourth-order valence-corrected chi connectivity index (χ4v) is 3.00. The second-order valence-corrected chi connectivity index (χ2v) is 5.55. The Hall–Kier alpha value is -1.55. The maximum atomic E-state index is 5.28. The van der Waals surface area contributed by atoms with Crippen LogP contribution in [0.2, 0.25) is 0 Å². The lowest BCUT2D eigenvalue weighted by Gasteiger charge is -2.17. The van der Waals surface area contributed by atoms with Crippen LogP contribution >= 0.6 is 15.9 Å². The summed E-state index contributed by atoms with van der Waals surface area (Å²) in [5, 5.41) is 3.53. The smallest absolute Gasteiger partial charge is 0.237 e. The second kappa shape index (κ2) is 5.21. The van der Waals surface area contributed by atoms with Crippen LogP contribution in [0.15, 0.2) is 41.0 Å². The molecular weight excluding hydrogens is 304 g/mol. The van der Waals surface area contributed by atoms with E-state index in [1.807, 2.05) is 12.1 Å². The predicted molar refractivity (Wildman–Crippen MR) is 79.6 cm³/mol. The Bertz CT molecular complexity index is 600. The SMILES string of the molecule is COc1ncccc1NC1CCc2cc(Br)ccc21. The van der Waals surface area contributed by atoms with E-state index in [1.165, 1.54) is 11.1 Å². The molecule has 1 atom stereocenters. The van der Waals surface area contributed by atoms with Crippen molar-refractivity contribution in [1.29, 1.82) is 0 Å². The van der Waals surface area contributed by atoms with Gasteiger partial charge in [0.25, 0.3) is 0 Å². The van der Waals surface area contributed by atoms with E-state index >= 15 is 0 Å². The Balaban J connectivity index is 1.87. The number of pyridine rings is 1. The molecule has 0 saturated carbocycles. The molecule has 1 N–H and O–H groups in total. The highest BCUT2D eigenvalue weighted by atomic mass is 79.9. The van der Waals surface area contributed by atoms with Gasteiger partial charge in [0.2, 0.25) is 5.88 Å². The van der Waals surface area contributed by atoms with Gasteiger partial charge in [-0.25, -0.2) is 4.98 Å². The minimum Gasteiger partial charge on any atom is -0.480 e. The summed E-state index contributed by atoms with van der Waals surface area (Å²) < 4.78 is 6.43. The first-order chi connectivity index (χ1) is 9.28. The largest absolute Gasteiger partial charge is 0.480 e. The molecular formula is C15H15BrN2O. The Morgan fingerprint density at radius 1 is 1.37 bits per heavy atom. The molecule has 1 heterocycles. The minimum absolute atomic E-state index is 0.334. The quantitative estimate of drug-likeness (QED) is 0.930. The van der Waals surface area contributed by atoms with Crippen molar-refractivity contribution in [1.82, 2.24) is 4.98 Å². The molecule has 0 aliphatic heterocycles. The molecule has 0 saturated heterocycles. The third kappa shape index (κ3) is 2.45. The first-order valence-electron chi connectivity index (χ1n) is 6.32. The zero-order chi connectivity index (χ0) is 13.2. The van der Waals surface area contributed by atoms with Gasteiger partial charge in [-0.15, -0.1) is 0 Å². The zero-order valence-electron chi connectivity index (χ0n) is 10.7. The second-order valence-electron chi connectivity index (χ2n) is 4.64. The van der Waals surface area contributed by atoms with Gasteiger partial charge in [0.1, 0.15) is 0 Å². The molecule has 3 nitrogen and oxygen atoms in total. The predicted octanol–water partition coefficient (Wildman–Crippen LogP) is 3.95. The molecule has 1 aromatic heterocycles. The van der Waals surface area contributed by atoms with Crippen LogP contribution in [0.25, 0.3) is 0 Å². The van der Waals surface area contributed by atoms with E-state index in [-0.39, 0.29) is 0 Å². The van der Waals surface area contributed by atoms with Crippen molar-refractivity contribution in [2.75, 3.05) is 12.4 Å². The molecule has 0 spiro atoms. The van der Waals surface area contributed by atoms with Gasteiger partial charge in [0.05, 0.1) is 18.8 Å². The molecule has 0 amide bonds. The number of aryl methyl sites for hydroxylation is 1. The van der Waals surface area contributed by atoms with E-state index in [4.69, 9.17) is 4.74 Å². The van der Waals surface area contributed by atoms with Crippen LogP contribution in [0.4, 0.5) is 5.69 Å². The lowest BCUT2D eigenvalue weighted by molar-refractivity contribution is 0.399. The van der Waals surface area contributed by atoms with Gasteiger partial charge in [-0.2, -0.15) is 0 Å². The zero-order valence-corrected chi connectivity index (χ0v) is 12.3. The average Bonchev–Trinajstić information content (AvgIpc) is 2.82. The summed E-state index contributed by atoms with van der Waals surface area (Å²) in [4.78, 5) is 4.22. The summed E-state index contributed by atoms with van der Waals surface area (Å²) in [6.45, 7) is 0. The van der Waals surface area contributed by atoms with Crippen molar-refractivity contribution >= 4 is 21.6 Å². The normalized spacial score (nSPS) is 17.1. The first-order valence-corrected chi connectivity index (χ1v) is 7.11. The van der Waals surface area contributed by atoms with E-state index in [0.717, 1.165) is 23.0 Å². The lowest BCUT2D eigenvalue weighted by atomic mass is 10.1. The highest BCUT2D eigenvalue weighted by Gasteiger charge is 2.23. The molecule has 0 fully saturated rings. The number of nitrogens with one attached hydrogen (secondary N) is 1. The molecule has 98 valence electrons. The summed E-state index contributed by atoms with van der Waals surface area (Å²) in [5.74, 6) is 0.646. The molecule has 4 heteroatoms. The number of ether oxygens (including phenoxy) is 1. The van der Waals surface area contributed by atoms with E-state index in [2.05, 4.69) is 44.4 Å². The number of halogens is 1. The van der Waals surface area contributed by atoms with Gasteiger partial charge < -0.3 is 10.1 Å². The standard InChI is InChI=1S/C15H15BrN2O/c1-19-15-14(3-2-8-17-15)18-13-7-4-10-9-11(16)5-6-12(10)13/h2-3,5-6,8-9,13,18H,4,7H2,1H3. The first kappa shape index (κ1) is 12.5. The lowest BCUT2D eigenvalue weighted by Crippen LogP contribution is -2.08. The minimum atomic E-state index is 0.334. The van der Waals surface area contributed by atoms with Crippen molar-refractivity contribution in [3.8, 4) is 5.88 Å². The Morgan fingerprint density at radius 2 is 2.26 bits per heavy atom. The van der Waals surface area contributed by atoms with E-state index in [1.54, 1.807) is 13.3 Å². The molecule has 2 aromatic rings. The number of aromatic nitrogens is 1. The van der Waals surface area contributed by atoms with Crippen molar-refractivity contribution in [3.05, 3.63) is 52.1 Å². The number of rotatable bonds is 3. The van der Waals surface area contributed by atoms with Gasteiger partial charge in [0, 0.05) is 10.7 Å². The van der Waals surface area contributed by atoms with Crippen LogP contribution in [0.1, 0.15) is 23.6 Å². The topological polar surface area (TPSA) is 34.1 Å². The molecule has 1 unspecified atom stereocenters. The Labute approximate surface area is 121 Å². The molecule has 1 aliphatic rings. The summed E-state index contributed by atoms with van der Waals surface area (Å²) in [6.07, 6.45) is 3.95. The number of fused-ring (bicyclic) bond motifs is 1. The van der Waals surface area contributed by atoms with E-state index < -0.39 is 0 Å². The molecule has 1 aromatic carbocycles. The monoisotopic (exact) mass is 318 g/mol. The van der Waals surface area contributed by atoms with Crippen molar-refractivity contribution in [2.24, 2.45) is 0 Å². The third-order valence-corrected chi connectivity index (χ3v) is 3.97. The summed E-state index contributed by atoms with van der Waals surface area (Å²) in [7, 11) is 1.65. The fraction of sp³-hybridized carbons (Fsp3) is 0.267. The van der Waals surface area contributed by atoms with Crippen LogP contribution in [-0.4, -0.2) is 12.1 Å². The highest BCUT2D eigenvalue weighted by molar-refractivity contribution is 9.10. The summed E-state index contributed by atoms with van der Waals surface area (Å²) >= 11 is 3.52. The van der Waals surface area contributed by atoms with Crippen molar-refractivity contribution in [3.63, 3.8) is 0 Å². The molecule has 3 rings (SSSR count). The molecule has 0 bridgehead atoms. The van der Waals surface area contributed by atoms with Gasteiger partial charge in [-0.05, 0) is 48.2 Å². The van der Waals surface area contributed by atoms with Crippen LogP contribution in [0.3, 0.4) is 0 Å². The molecule has 1 aliphatic carbocycles. The number of hydrogen-bond acceptors (Lipinski definition) is 3. The number of methoxy groups -OCH3 is 1. The van der Waals surface area contributed by atoms with E-state index in [9.17, 15) is 0 Å². The van der Waals surface area contributed by atoms with Crippen molar-refractivity contribution in [2.45, 2.75) is 18.9 Å². The third-order valence-electron chi connectivity index (χ3n) is 3.48. The van der Waals surface area contributed by atoms with Gasteiger partial charge >= 0.3 is 0 Å². The van der Waals surface area contributed by atoms with Crippen LogP contribution in [-0.2, 0) is 6.42 Å². The van der Waals surface area contributed by atoms with Gasteiger partial charge in [0.15, 0.2) is 0 Å². The van der Waals surface area contributed by atoms with E-state index in [0.29, 0.717) is 11.9 Å². The van der Waals surface area contributed by atoms with Gasteiger partial charge in [-0.1, -0.05) is 22.0 Å². The fourth-order valence-electron chi connectivity index (χ4n) is 2.59. The highest BCUT2D eigenvalue weighted by Crippen LogP contribution is 2.36. The van der Waals surface area contributed by atoms with Crippen LogP contribution < -0.4 is 10.1 Å².